The maximum absolute atomic E-state index is 13.0. The number of benzene rings is 1. The van der Waals surface area contributed by atoms with Gasteiger partial charge in [-0.15, -0.1) is 0 Å². The lowest BCUT2D eigenvalue weighted by atomic mass is 9.94. The van der Waals surface area contributed by atoms with Gasteiger partial charge in [0.1, 0.15) is 6.04 Å². The number of hydrogen-bond acceptors (Lipinski definition) is 3. The topological polar surface area (TPSA) is 78.5 Å². The standard InChI is InChI=1S/C21H31N3O3/c1-4-12-22-19(25)17-10-13-24(14-11-17)21(27)18(15(2)3)23-20(26)16-8-6-5-7-9-16/h5-9,15,17-18H,4,10-14H2,1-3H3,(H,22,25)(H,23,26). The van der Waals surface area contributed by atoms with Gasteiger partial charge in [-0.3, -0.25) is 14.4 Å². The van der Waals surface area contributed by atoms with Crippen LogP contribution in [0.4, 0.5) is 0 Å². The molecule has 0 spiro atoms. The van der Waals surface area contributed by atoms with Crippen LogP contribution in [0.15, 0.2) is 30.3 Å². The van der Waals surface area contributed by atoms with Gasteiger partial charge in [0.15, 0.2) is 0 Å². The summed E-state index contributed by atoms with van der Waals surface area (Å²) in [5.74, 6) is -0.271. The summed E-state index contributed by atoms with van der Waals surface area (Å²) >= 11 is 0. The van der Waals surface area contributed by atoms with Crippen LogP contribution in [-0.4, -0.2) is 48.3 Å². The van der Waals surface area contributed by atoms with Crippen molar-refractivity contribution in [3.8, 4) is 0 Å². The Morgan fingerprint density at radius 1 is 1.11 bits per heavy atom. The van der Waals surface area contributed by atoms with E-state index in [1.54, 1.807) is 29.2 Å². The molecule has 6 heteroatoms. The van der Waals surface area contributed by atoms with Crippen molar-refractivity contribution in [1.29, 1.82) is 0 Å². The molecule has 0 radical (unpaired) electrons. The Bertz CT molecular complexity index is 637. The van der Waals surface area contributed by atoms with Crippen molar-refractivity contribution in [2.75, 3.05) is 19.6 Å². The lowest BCUT2D eigenvalue weighted by Crippen LogP contribution is -2.53. The minimum atomic E-state index is -0.567. The lowest BCUT2D eigenvalue weighted by molar-refractivity contribution is -0.138. The summed E-state index contributed by atoms with van der Waals surface area (Å²) in [5, 5.41) is 5.81. The van der Waals surface area contributed by atoms with E-state index in [2.05, 4.69) is 10.6 Å². The second kappa shape index (κ2) is 10.1. The van der Waals surface area contributed by atoms with Gasteiger partial charge in [-0.1, -0.05) is 39.0 Å². The number of rotatable bonds is 7. The molecular weight excluding hydrogens is 342 g/mol. The molecule has 2 rings (SSSR count). The minimum absolute atomic E-state index is 0.0178. The molecule has 1 fully saturated rings. The number of nitrogens with one attached hydrogen (secondary N) is 2. The molecule has 1 aromatic rings. The summed E-state index contributed by atoms with van der Waals surface area (Å²) in [6, 6.07) is 8.35. The number of nitrogens with zero attached hydrogens (tertiary/aromatic N) is 1. The third-order valence-corrected chi connectivity index (χ3v) is 4.98. The predicted molar refractivity (Wildman–Crippen MR) is 105 cm³/mol. The molecule has 1 heterocycles. The van der Waals surface area contributed by atoms with E-state index in [1.807, 2.05) is 26.8 Å². The first-order valence-corrected chi connectivity index (χ1v) is 9.86. The fourth-order valence-corrected chi connectivity index (χ4v) is 3.28. The first kappa shape index (κ1) is 20.9. The highest BCUT2D eigenvalue weighted by atomic mass is 16.2. The number of piperidine rings is 1. The van der Waals surface area contributed by atoms with Gasteiger partial charge in [-0.25, -0.2) is 0 Å². The van der Waals surface area contributed by atoms with E-state index in [0.717, 1.165) is 6.42 Å². The molecule has 1 aromatic carbocycles. The van der Waals surface area contributed by atoms with Gasteiger partial charge < -0.3 is 15.5 Å². The van der Waals surface area contributed by atoms with Crippen molar-refractivity contribution in [2.24, 2.45) is 11.8 Å². The molecule has 0 aliphatic carbocycles. The molecule has 0 bridgehead atoms. The second-order valence-electron chi connectivity index (χ2n) is 7.45. The molecule has 1 unspecified atom stereocenters. The van der Waals surface area contributed by atoms with Gasteiger partial charge in [0.25, 0.3) is 5.91 Å². The summed E-state index contributed by atoms with van der Waals surface area (Å²) in [5.41, 5.74) is 0.544. The monoisotopic (exact) mass is 373 g/mol. The van der Waals surface area contributed by atoms with Crippen molar-refractivity contribution >= 4 is 17.7 Å². The predicted octanol–water partition coefficient (Wildman–Crippen LogP) is 2.21. The van der Waals surface area contributed by atoms with Crippen LogP contribution >= 0.6 is 0 Å². The van der Waals surface area contributed by atoms with Crippen molar-refractivity contribution in [3.05, 3.63) is 35.9 Å². The molecule has 1 atom stereocenters. The molecule has 148 valence electrons. The number of likely N-dealkylation sites (tertiary alicyclic amines) is 1. The van der Waals surface area contributed by atoms with Crippen LogP contribution in [0, 0.1) is 11.8 Å². The molecule has 0 saturated carbocycles. The first-order valence-electron chi connectivity index (χ1n) is 9.86. The summed E-state index contributed by atoms with van der Waals surface area (Å²) in [6.07, 6.45) is 2.25. The Morgan fingerprint density at radius 2 is 1.74 bits per heavy atom. The molecule has 0 aromatic heterocycles. The van der Waals surface area contributed by atoms with Crippen LogP contribution in [-0.2, 0) is 9.59 Å². The Labute approximate surface area is 161 Å². The van der Waals surface area contributed by atoms with Crippen molar-refractivity contribution in [2.45, 2.75) is 46.1 Å². The molecule has 3 amide bonds. The van der Waals surface area contributed by atoms with E-state index in [-0.39, 0.29) is 29.6 Å². The average Bonchev–Trinajstić information content (AvgIpc) is 2.70. The van der Waals surface area contributed by atoms with Crippen LogP contribution in [0.3, 0.4) is 0 Å². The van der Waals surface area contributed by atoms with Crippen molar-refractivity contribution in [3.63, 3.8) is 0 Å². The number of carbonyl (C=O) groups excluding carboxylic acids is 3. The first-order chi connectivity index (χ1) is 12.9. The normalized spacial score (nSPS) is 16.1. The minimum Gasteiger partial charge on any atom is -0.356 e. The van der Waals surface area contributed by atoms with Crippen LogP contribution in [0.1, 0.15) is 50.4 Å². The number of amides is 3. The summed E-state index contributed by atoms with van der Waals surface area (Å²) < 4.78 is 0. The zero-order valence-corrected chi connectivity index (χ0v) is 16.5. The van der Waals surface area contributed by atoms with Gasteiger partial charge in [-0.2, -0.15) is 0 Å². The lowest BCUT2D eigenvalue weighted by Gasteiger charge is -2.35. The van der Waals surface area contributed by atoms with Gasteiger partial charge in [0.2, 0.25) is 11.8 Å². The molecular formula is C21H31N3O3. The van der Waals surface area contributed by atoms with Crippen LogP contribution in [0.5, 0.6) is 0 Å². The Balaban J connectivity index is 1.93. The molecule has 2 N–H and O–H groups in total. The third-order valence-electron chi connectivity index (χ3n) is 4.98. The van der Waals surface area contributed by atoms with Gasteiger partial charge in [0, 0.05) is 31.1 Å². The maximum atomic E-state index is 13.0. The molecule has 1 saturated heterocycles. The van der Waals surface area contributed by atoms with Crippen molar-refractivity contribution in [1.82, 2.24) is 15.5 Å². The van der Waals surface area contributed by atoms with Crippen LogP contribution < -0.4 is 10.6 Å². The summed E-state index contributed by atoms with van der Waals surface area (Å²) in [6.45, 7) is 7.68. The Hall–Kier alpha value is -2.37. The van der Waals surface area contributed by atoms with E-state index in [0.29, 0.717) is 38.0 Å². The highest BCUT2D eigenvalue weighted by molar-refractivity contribution is 5.97. The largest absolute Gasteiger partial charge is 0.356 e. The highest BCUT2D eigenvalue weighted by Crippen LogP contribution is 2.19. The fourth-order valence-electron chi connectivity index (χ4n) is 3.28. The van der Waals surface area contributed by atoms with E-state index < -0.39 is 6.04 Å². The van der Waals surface area contributed by atoms with E-state index in [9.17, 15) is 14.4 Å². The molecule has 6 nitrogen and oxygen atoms in total. The van der Waals surface area contributed by atoms with E-state index in [4.69, 9.17) is 0 Å². The zero-order chi connectivity index (χ0) is 19.8. The quantitative estimate of drug-likeness (QED) is 0.769. The van der Waals surface area contributed by atoms with E-state index in [1.165, 1.54) is 0 Å². The Morgan fingerprint density at radius 3 is 2.30 bits per heavy atom. The van der Waals surface area contributed by atoms with E-state index >= 15 is 0 Å². The van der Waals surface area contributed by atoms with Crippen LogP contribution in [0.25, 0.3) is 0 Å². The highest BCUT2D eigenvalue weighted by Gasteiger charge is 2.33. The molecule has 1 aliphatic heterocycles. The maximum Gasteiger partial charge on any atom is 0.251 e. The van der Waals surface area contributed by atoms with Crippen molar-refractivity contribution < 1.29 is 14.4 Å². The fraction of sp³-hybridized carbons (Fsp3) is 0.571. The van der Waals surface area contributed by atoms with Gasteiger partial charge in [-0.05, 0) is 37.3 Å². The van der Waals surface area contributed by atoms with Gasteiger partial charge in [0.05, 0.1) is 0 Å². The third kappa shape index (κ3) is 5.81. The Kier molecular flexibility index (Phi) is 7.82. The summed E-state index contributed by atoms with van der Waals surface area (Å²) in [7, 11) is 0. The number of carbonyl (C=O) groups is 3. The summed E-state index contributed by atoms with van der Waals surface area (Å²) in [4.78, 5) is 39.3. The molecule has 1 aliphatic rings. The SMILES string of the molecule is CCCNC(=O)C1CCN(C(=O)C(NC(=O)c2ccccc2)C(C)C)CC1. The van der Waals surface area contributed by atoms with Gasteiger partial charge >= 0.3 is 0 Å². The second-order valence-corrected chi connectivity index (χ2v) is 7.45. The molecule has 27 heavy (non-hydrogen) atoms. The number of hydrogen-bond donors (Lipinski definition) is 2. The zero-order valence-electron chi connectivity index (χ0n) is 16.5. The average molecular weight is 373 g/mol. The smallest absolute Gasteiger partial charge is 0.251 e. The van der Waals surface area contributed by atoms with Crippen LogP contribution in [0.2, 0.25) is 0 Å².